The Hall–Kier alpha value is -3.86. The summed E-state index contributed by atoms with van der Waals surface area (Å²) < 4.78 is 40.9. The van der Waals surface area contributed by atoms with Crippen LogP contribution in [-0.4, -0.2) is 129 Å². The molecule has 0 saturated carbocycles. The van der Waals surface area contributed by atoms with Crippen LogP contribution in [0.15, 0.2) is 49.3 Å². The van der Waals surface area contributed by atoms with Gasteiger partial charge in [-0.3, -0.25) is 19.5 Å². The van der Waals surface area contributed by atoms with Crippen LogP contribution in [0, 0.1) is 17.8 Å². The van der Waals surface area contributed by atoms with E-state index in [9.17, 15) is 29.4 Å². The SMILES string of the molecule is C=CCN(C)[C@H]1C[C@@H](C)OC(O[C@@H]2[C@@H](C)C(=O)[C@](C)(F)C(=O)O[C@H](CC)[C@@]3(C)OC(=O)N(NCCCc4cccc5cnccc45)C3[C@@H](C)C(=O)[C@H](C)C[C@@]2(C)O)[C@@H]1O. The lowest BCUT2D eigenvalue weighted by molar-refractivity contribution is -0.293. The van der Waals surface area contributed by atoms with E-state index in [-0.39, 0.29) is 18.6 Å². The van der Waals surface area contributed by atoms with Gasteiger partial charge in [-0.25, -0.2) is 24.4 Å². The first-order chi connectivity index (χ1) is 27.7. The molecule has 1 amide bonds. The third-order valence-corrected chi connectivity index (χ3v) is 12.6. The number of aryl methyl sites for hydroxylation is 1. The van der Waals surface area contributed by atoms with E-state index in [1.165, 1.54) is 18.9 Å². The van der Waals surface area contributed by atoms with Gasteiger partial charge in [-0.15, -0.1) is 6.58 Å². The zero-order valence-corrected chi connectivity index (χ0v) is 35.9. The number of ether oxygens (including phenoxy) is 4. The van der Waals surface area contributed by atoms with Crippen LogP contribution in [0.5, 0.6) is 0 Å². The molecule has 0 bridgehead atoms. The van der Waals surface area contributed by atoms with E-state index in [4.69, 9.17) is 18.9 Å². The molecule has 5 rings (SSSR count). The third-order valence-electron chi connectivity index (χ3n) is 12.6. The molecule has 13 atom stereocenters. The minimum absolute atomic E-state index is 0.0447. The lowest BCUT2D eigenvalue weighted by atomic mass is 9.73. The average molecular weight is 827 g/mol. The molecule has 3 aliphatic heterocycles. The number of rotatable bonds is 11. The highest BCUT2D eigenvalue weighted by molar-refractivity contribution is 6.08. The fraction of sp³-hybridized carbons (Fsp3) is 0.659. The molecular formula is C44H63FN4O10. The van der Waals surface area contributed by atoms with Crippen LogP contribution >= 0.6 is 0 Å². The Morgan fingerprint density at radius 3 is 2.51 bits per heavy atom. The molecule has 15 heteroatoms. The van der Waals surface area contributed by atoms with Gasteiger partial charge < -0.3 is 29.2 Å². The number of likely N-dealkylation sites (N-methyl/N-ethyl adjacent to an activating group) is 1. The van der Waals surface area contributed by atoms with Crippen molar-refractivity contribution in [2.45, 2.75) is 147 Å². The first kappa shape index (κ1) is 46.2. The third kappa shape index (κ3) is 9.40. The minimum atomic E-state index is -3.25. The number of nitrogens with one attached hydrogen (secondary N) is 1. The van der Waals surface area contributed by atoms with Gasteiger partial charge in [0.05, 0.1) is 17.8 Å². The van der Waals surface area contributed by atoms with Gasteiger partial charge in [-0.05, 0) is 83.9 Å². The summed E-state index contributed by atoms with van der Waals surface area (Å²) in [6, 6.07) is 6.40. The summed E-state index contributed by atoms with van der Waals surface area (Å²) in [7, 11) is 1.81. The molecular weight excluding hydrogens is 763 g/mol. The van der Waals surface area contributed by atoms with Crippen molar-refractivity contribution in [2.75, 3.05) is 20.1 Å². The van der Waals surface area contributed by atoms with Gasteiger partial charge in [0, 0.05) is 54.7 Å². The molecule has 0 aliphatic carbocycles. The summed E-state index contributed by atoms with van der Waals surface area (Å²) in [6.07, 6.45) is -0.0112. The molecule has 1 aromatic heterocycles. The van der Waals surface area contributed by atoms with Gasteiger partial charge >= 0.3 is 12.1 Å². The number of nitrogens with zero attached hydrogens (tertiary/aromatic N) is 3. The molecule has 59 heavy (non-hydrogen) atoms. The molecule has 2 aromatic rings. The number of benzene rings is 1. The lowest BCUT2D eigenvalue weighted by Crippen LogP contribution is -2.62. The maximum Gasteiger partial charge on any atom is 0.425 e. The van der Waals surface area contributed by atoms with Crippen LogP contribution in [0.3, 0.4) is 0 Å². The number of halogens is 1. The first-order valence-corrected chi connectivity index (χ1v) is 20.8. The van der Waals surface area contributed by atoms with Gasteiger partial charge in [0.25, 0.3) is 5.67 Å². The van der Waals surface area contributed by atoms with E-state index >= 15 is 4.39 Å². The largest absolute Gasteiger partial charge is 0.455 e. The molecule has 1 aromatic carbocycles. The lowest BCUT2D eigenvalue weighted by Gasteiger charge is -2.46. The van der Waals surface area contributed by atoms with E-state index in [0.29, 0.717) is 32.4 Å². The first-order valence-electron chi connectivity index (χ1n) is 20.8. The number of carbonyl (C=O) groups is 4. The fourth-order valence-electron chi connectivity index (χ4n) is 9.51. The fourth-order valence-corrected chi connectivity index (χ4v) is 9.51. The molecule has 326 valence electrons. The van der Waals surface area contributed by atoms with Crippen LogP contribution in [-0.2, 0) is 39.8 Å². The van der Waals surface area contributed by atoms with E-state index in [1.54, 1.807) is 53.1 Å². The summed E-state index contributed by atoms with van der Waals surface area (Å²) in [5.74, 6) is -6.50. The Morgan fingerprint density at radius 1 is 1.12 bits per heavy atom. The van der Waals surface area contributed by atoms with Gasteiger partial charge in [0.15, 0.2) is 17.7 Å². The predicted octanol–water partition coefficient (Wildman–Crippen LogP) is 4.87. The van der Waals surface area contributed by atoms with Crippen molar-refractivity contribution in [3.05, 3.63) is 54.9 Å². The number of carbonyl (C=O) groups excluding carboxylic acids is 4. The minimum Gasteiger partial charge on any atom is -0.455 e. The number of hydrogen-bond acceptors (Lipinski definition) is 13. The van der Waals surface area contributed by atoms with Crippen LogP contribution in [0.25, 0.3) is 10.8 Å². The Bertz CT molecular complexity index is 1850. The Balaban J connectivity index is 1.47. The smallest absolute Gasteiger partial charge is 0.425 e. The highest BCUT2D eigenvalue weighted by Gasteiger charge is 2.62. The maximum atomic E-state index is 16.8. The van der Waals surface area contributed by atoms with Gasteiger partial charge in [-0.2, -0.15) is 0 Å². The van der Waals surface area contributed by atoms with Crippen molar-refractivity contribution in [3.63, 3.8) is 0 Å². The number of esters is 1. The molecule has 4 heterocycles. The normalized spacial score (nSPS) is 37.5. The second-order valence-electron chi connectivity index (χ2n) is 17.4. The number of aromatic nitrogens is 1. The van der Waals surface area contributed by atoms with E-state index < -0.39 is 95.3 Å². The molecule has 0 radical (unpaired) electrons. The maximum absolute atomic E-state index is 16.8. The summed E-state index contributed by atoms with van der Waals surface area (Å²) in [4.78, 5) is 62.4. The van der Waals surface area contributed by atoms with Crippen LogP contribution < -0.4 is 5.43 Å². The second-order valence-corrected chi connectivity index (χ2v) is 17.4. The Kier molecular flexibility index (Phi) is 14.4. The zero-order valence-electron chi connectivity index (χ0n) is 35.9. The topological polar surface area (TPSA) is 177 Å². The Labute approximate surface area is 346 Å². The number of fused-ring (bicyclic) bond motifs is 2. The number of pyridine rings is 1. The zero-order chi connectivity index (χ0) is 43.6. The number of ketones is 2. The van der Waals surface area contributed by atoms with Crippen molar-refractivity contribution < 1.29 is 52.7 Å². The molecule has 3 aliphatic rings. The summed E-state index contributed by atoms with van der Waals surface area (Å²) >= 11 is 0. The van der Waals surface area contributed by atoms with E-state index in [0.717, 1.165) is 23.3 Å². The number of alkyl halides is 1. The summed E-state index contributed by atoms with van der Waals surface area (Å²) in [5, 5.41) is 27.1. The average Bonchev–Trinajstić information content (AvgIpc) is 3.45. The van der Waals surface area contributed by atoms with Crippen molar-refractivity contribution in [2.24, 2.45) is 17.8 Å². The van der Waals surface area contributed by atoms with Crippen LogP contribution in [0.4, 0.5) is 9.18 Å². The Morgan fingerprint density at radius 2 is 1.83 bits per heavy atom. The highest BCUT2D eigenvalue weighted by Crippen LogP contribution is 2.42. The number of hydrogen-bond donors (Lipinski definition) is 3. The van der Waals surface area contributed by atoms with Crippen molar-refractivity contribution in [1.82, 2.24) is 20.3 Å². The molecule has 3 N–H and O–H groups in total. The van der Waals surface area contributed by atoms with Crippen molar-refractivity contribution in [3.8, 4) is 0 Å². The quantitative estimate of drug-likeness (QED) is 0.121. The monoisotopic (exact) mass is 826 g/mol. The molecule has 3 fully saturated rings. The predicted molar refractivity (Wildman–Crippen MR) is 217 cm³/mol. The summed E-state index contributed by atoms with van der Waals surface area (Å²) in [6.45, 7) is 16.3. The number of Topliss-reactive ketones (excluding diaryl/α,β-unsaturated/α-hetero) is 2. The number of amides is 1. The van der Waals surface area contributed by atoms with E-state index in [1.807, 2.05) is 36.2 Å². The summed E-state index contributed by atoms with van der Waals surface area (Å²) in [5.41, 5.74) is -2.68. The van der Waals surface area contributed by atoms with Crippen LogP contribution in [0.2, 0.25) is 0 Å². The van der Waals surface area contributed by atoms with Gasteiger partial charge in [0.1, 0.15) is 24.0 Å². The highest BCUT2D eigenvalue weighted by atomic mass is 19.1. The van der Waals surface area contributed by atoms with Crippen molar-refractivity contribution >= 4 is 34.4 Å². The van der Waals surface area contributed by atoms with Crippen LogP contribution in [0.1, 0.15) is 86.6 Å². The molecule has 14 nitrogen and oxygen atoms in total. The van der Waals surface area contributed by atoms with Gasteiger partial charge in [0.2, 0.25) is 0 Å². The standard InChI is InChI=1S/C44H63FN4O10/c1-11-21-48(10)32-22-26(4)56-39(35(32)51)58-38-28(6)37(52)43(8,45)40(53)57-33(12-2)44(9)36(27(5)34(50)25(3)23-42(38,7)55)49(41(54)59-44)47-19-14-17-29-15-13-16-30-24-46-20-18-31(29)30/h11,13,15-16,18,20,24-28,32-33,35-36,38-39,47,51,55H,1,12,14,17,19,21-23H2,2-10H3/t25-,26-,27+,28+,32+,33-,35-,36?,38-,39?,42-,43+,44-/m1/s1. The van der Waals surface area contributed by atoms with Crippen molar-refractivity contribution in [1.29, 1.82) is 0 Å². The second kappa shape index (κ2) is 18.4. The molecule has 2 unspecified atom stereocenters. The number of aliphatic hydroxyl groups is 2. The van der Waals surface area contributed by atoms with E-state index in [2.05, 4.69) is 17.0 Å². The number of aliphatic hydroxyl groups excluding tert-OH is 1. The number of cyclic esters (lactones) is 1. The number of hydrazine groups is 1. The molecule has 3 saturated heterocycles. The van der Waals surface area contributed by atoms with Gasteiger partial charge in [-0.1, -0.05) is 52.0 Å². The molecule has 0 spiro atoms.